The number of hydrogen-bond acceptors (Lipinski definition) is 2. The Hall–Kier alpha value is -2.26. The van der Waals surface area contributed by atoms with Crippen LogP contribution in [0, 0.1) is 0 Å². The Morgan fingerprint density at radius 2 is 1.86 bits per heavy atom. The lowest BCUT2D eigenvalue weighted by Crippen LogP contribution is -2.26. The van der Waals surface area contributed by atoms with Gasteiger partial charge in [-0.2, -0.15) is 0 Å². The minimum absolute atomic E-state index is 0.122. The van der Waals surface area contributed by atoms with E-state index in [0.717, 1.165) is 10.9 Å². The fourth-order valence-electron chi connectivity index (χ4n) is 2.20. The van der Waals surface area contributed by atoms with E-state index in [-0.39, 0.29) is 11.9 Å². The first kappa shape index (κ1) is 13.7. The van der Waals surface area contributed by atoms with Crippen molar-refractivity contribution >= 4 is 28.5 Å². The van der Waals surface area contributed by atoms with E-state index in [0.29, 0.717) is 16.4 Å². The minimum Gasteiger partial charge on any atom is -0.451 e. The molecule has 0 aliphatic carbocycles. The molecule has 0 radical (unpaired) electrons. The highest BCUT2D eigenvalue weighted by atomic mass is 35.5. The van der Waals surface area contributed by atoms with E-state index in [1.54, 1.807) is 18.2 Å². The van der Waals surface area contributed by atoms with Gasteiger partial charge in [0.05, 0.1) is 6.04 Å². The van der Waals surface area contributed by atoms with Crippen molar-refractivity contribution < 1.29 is 9.21 Å². The van der Waals surface area contributed by atoms with Crippen molar-refractivity contribution in [2.45, 2.75) is 13.0 Å². The van der Waals surface area contributed by atoms with E-state index < -0.39 is 0 Å². The number of carbonyl (C=O) groups is 1. The van der Waals surface area contributed by atoms with Crippen LogP contribution >= 0.6 is 11.6 Å². The van der Waals surface area contributed by atoms with Gasteiger partial charge in [0.2, 0.25) is 0 Å². The molecular formula is C17H14ClNO2. The second-order valence-corrected chi connectivity index (χ2v) is 5.33. The zero-order valence-electron chi connectivity index (χ0n) is 11.5. The third kappa shape index (κ3) is 2.93. The van der Waals surface area contributed by atoms with E-state index >= 15 is 0 Å². The van der Waals surface area contributed by atoms with Gasteiger partial charge in [0.25, 0.3) is 5.91 Å². The molecule has 21 heavy (non-hydrogen) atoms. The number of furan rings is 1. The molecule has 1 N–H and O–H groups in total. The maximum atomic E-state index is 12.2. The van der Waals surface area contributed by atoms with Gasteiger partial charge in [-0.25, -0.2) is 0 Å². The number of halogens is 1. The predicted molar refractivity (Wildman–Crippen MR) is 83.5 cm³/mol. The van der Waals surface area contributed by atoms with Gasteiger partial charge in [0.15, 0.2) is 5.76 Å². The molecule has 1 amide bonds. The fraction of sp³-hybridized carbons (Fsp3) is 0.118. The molecule has 0 bridgehead atoms. The van der Waals surface area contributed by atoms with Crippen molar-refractivity contribution in [1.29, 1.82) is 0 Å². The maximum Gasteiger partial charge on any atom is 0.287 e. The second kappa shape index (κ2) is 5.62. The third-order valence-electron chi connectivity index (χ3n) is 3.37. The van der Waals surface area contributed by atoms with Crippen LogP contribution in [0.15, 0.2) is 59.0 Å². The van der Waals surface area contributed by atoms with E-state index in [2.05, 4.69) is 5.32 Å². The van der Waals surface area contributed by atoms with Crippen LogP contribution in [0.1, 0.15) is 29.1 Å². The van der Waals surface area contributed by atoms with E-state index in [1.807, 2.05) is 43.3 Å². The average Bonchev–Trinajstić information content (AvgIpc) is 2.92. The largest absolute Gasteiger partial charge is 0.451 e. The molecule has 4 heteroatoms. The number of rotatable bonds is 3. The standard InChI is InChI=1S/C17H14ClNO2/c1-11(12-6-8-14(18)9-7-12)19-17(20)16-10-13-4-2-3-5-15(13)21-16/h2-11H,1H3,(H,19,20)/t11-/m1/s1. The summed E-state index contributed by atoms with van der Waals surface area (Å²) in [5.41, 5.74) is 1.70. The van der Waals surface area contributed by atoms with Crippen LogP contribution in [-0.4, -0.2) is 5.91 Å². The molecule has 2 aromatic carbocycles. The first-order valence-electron chi connectivity index (χ1n) is 6.68. The van der Waals surface area contributed by atoms with Gasteiger partial charge >= 0.3 is 0 Å². The molecule has 3 rings (SSSR count). The summed E-state index contributed by atoms with van der Waals surface area (Å²) in [7, 11) is 0. The molecule has 0 saturated carbocycles. The molecule has 0 unspecified atom stereocenters. The smallest absolute Gasteiger partial charge is 0.287 e. The molecular weight excluding hydrogens is 286 g/mol. The maximum absolute atomic E-state index is 12.2. The number of fused-ring (bicyclic) bond motifs is 1. The lowest BCUT2D eigenvalue weighted by Gasteiger charge is -2.13. The van der Waals surface area contributed by atoms with Crippen molar-refractivity contribution in [2.24, 2.45) is 0 Å². The Bertz CT molecular complexity index is 744. The molecule has 1 atom stereocenters. The van der Waals surface area contributed by atoms with Gasteiger partial charge in [0, 0.05) is 10.4 Å². The number of para-hydroxylation sites is 1. The number of carbonyl (C=O) groups excluding carboxylic acids is 1. The van der Waals surface area contributed by atoms with Gasteiger partial charge in [-0.15, -0.1) is 0 Å². The Balaban J connectivity index is 1.77. The zero-order valence-corrected chi connectivity index (χ0v) is 12.2. The number of benzene rings is 2. The van der Waals surface area contributed by atoms with Crippen molar-refractivity contribution in [3.05, 3.63) is 70.9 Å². The van der Waals surface area contributed by atoms with E-state index in [1.165, 1.54) is 0 Å². The average molecular weight is 300 g/mol. The molecule has 0 fully saturated rings. The highest BCUT2D eigenvalue weighted by molar-refractivity contribution is 6.30. The lowest BCUT2D eigenvalue weighted by atomic mass is 10.1. The van der Waals surface area contributed by atoms with Crippen LogP contribution in [0.25, 0.3) is 11.0 Å². The van der Waals surface area contributed by atoms with Crippen LogP contribution in [0.4, 0.5) is 0 Å². The second-order valence-electron chi connectivity index (χ2n) is 4.90. The van der Waals surface area contributed by atoms with Crippen molar-refractivity contribution in [3.8, 4) is 0 Å². The minimum atomic E-state index is -0.228. The van der Waals surface area contributed by atoms with E-state index in [4.69, 9.17) is 16.0 Å². The molecule has 0 aliphatic rings. The van der Waals surface area contributed by atoms with Crippen molar-refractivity contribution in [1.82, 2.24) is 5.32 Å². The third-order valence-corrected chi connectivity index (χ3v) is 3.62. The van der Waals surface area contributed by atoms with Crippen LogP contribution in [0.2, 0.25) is 5.02 Å². The van der Waals surface area contributed by atoms with Crippen LogP contribution < -0.4 is 5.32 Å². The SMILES string of the molecule is C[C@@H](NC(=O)c1cc2ccccc2o1)c1ccc(Cl)cc1. The number of nitrogens with one attached hydrogen (secondary N) is 1. The summed E-state index contributed by atoms with van der Waals surface area (Å²) < 4.78 is 5.55. The van der Waals surface area contributed by atoms with Gasteiger partial charge in [0.1, 0.15) is 5.58 Å². The molecule has 0 spiro atoms. The summed E-state index contributed by atoms with van der Waals surface area (Å²) in [6.45, 7) is 1.92. The quantitative estimate of drug-likeness (QED) is 0.769. The summed E-state index contributed by atoms with van der Waals surface area (Å²) in [6.07, 6.45) is 0. The normalized spacial score (nSPS) is 12.3. The van der Waals surface area contributed by atoms with Gasteiger partial charge in [-0.1, -0.05) is 41.9 Å². The van der Waals surface area contributed by atoms with Crippen molar-refractivity contribution in [2.75, 3.05) is 0 Å². The first-order chi connectivity index (χ1) is 10.1. The Morgan fingerprint density at radius 1 is 1.14 bits per heavy atom. The molecule has 1 heterocycles. The summed E-state index contributed by atoms with van der Waals surface area (Å²) in [5, 5.41) is 4.51. The van der Waals surface area contributed by atoms with Crippen molar-refractivity contribution in [3.63, 3.8) is 0 Å². The zero-order chi connectivity index (χ0) is 14.8. The first-order valence-corrected chi connectivity index (χ1v) is 7.06. The summed E-state index contributed by atoms with van der Waals surface area (Å²) in [6, 6.07) is 16.6. The molecule has 3 nitrogen and oxygen atoms in total. The summed E-state index contributed by atoms with van der Waals surface area (Å²) >= 11 is 5.86. The Labute approximate surface area is 127 Å². The fourth-order valence-corrected chi connectivity index (χ4v) is 2.32. The summed E-state index contributed by atoms with van der Waals surface area (Å²) in [5.74, 6) is 0.0886. The molecule has 3 aromatic rings. The molecule has 1 aromatic heterocycles. The van der Waals surface area contributed by atoms with Gasteiger partial charge in [-0.3, -0.25) is 4.79 Å². The lowest BCUT2D eigenvalue weighted by molar-refractivity contribution is 0.0914. The van der Waals surface area contributed by atoms with E-state index in [9.17, 15) is 4.79 Å². The highest BCUT2D eigenvalue weighted by Crippen LogP contribution is 2.20. The Kier molecular flexibility index (Phi) is 3.67. The van der Waals surface area contributed by atoms with Crippen LogP contribution in [-0.2, 0) is 0 Å². The molecule has 0 saturated heterocycles. The molecule has 0 aliphatic heterocycles. The van der Waals surface area contributed by atoms with Crippen LogP contribution in [0.3, 0.4) is 0 Å². The van der Waals surface area contributed by atoms with Gasteiger partial charge in [-0.05, 0) is 36.8 Å². The monoisotopic (exact) mass is 299 g/mol. The summed E-state index contributed by atoms with van der Waals surface area (Å²) in [4.78, 5) is 12.2. The van der Waals surface area contributed by atoms with Gasteiger partial charge < -0.3 is 9.73 Å². The predicted octanol–water partition coefficient (Wildman–Crippen LogP) is 4.58. The Morgan fingerprint density at radius 3 is 2.57 bits per heavy atom. The molecule has 106 valence electrons. The number of hydrogen-bond donors (Lipinski definition) is 1. The highest BCUT2D eigenvalue weighted by Gasteiger charge is 2.15. The van der Waals surface area contributed by atoms with Crippen LogP contribution in [0.5, 0.6) is 0 Å². The number of amides is 1. The topological polar surface area (TPSA) is 42.2 Å².